The van der Waals surface area contributed by atoms with E-state index in [1.807, 2.05) is 30.0 Å². The van der Waals surface area contributed by atoms with Gasteiger partial charge in [0, 0.05) is 18.3 Å². The maximum atomic E-state index is 5.68. The SMILES string of the molecule is CCNC(=NCC1CCCS1)NCCOCc1ccccc1.I. The molecule has 1 aliphatic rings. The van der Waals surface area contributed by atoms with Crippen molar-refractivity contribution in [2.75, 3.05) is 32.0 Å². The van der Waals surface area contributed by atoms with Crippen LogP contribution in [-0.4, -0.2) is 43.2 Å². The van der Waals surface area contributed by atoms with E-state index in [-0.39, 0.29) is 24.0 Å². The third-order valence-corrected chi connectivity index (χ3v) is 4.85. The van der Waals surface area contributed by atoms with E-state index >= 15 is 0 Å². The minimum absolute atomic E-state index is 0. The fraction of sp³-hybridized carbons (Fsp3) is 0.588. The highest BCUT2D eigenvalue weighted by Crippen LogP contribution is 2.25. The van der Waals surface area contributed by atoms with E-state index in [0.29, 0.717) is 18.5 Å². The Morgan fingerprint density at radius 2 is 2.13 bits per heavy atom. The number of ether oxygens (including phenoxy) is 1. The number of thioether (sulfide) groups is 1. The summed E-state index contributed by atoms with van der Waals surface area (Å²) in [4.78, 5) is 4.67. The van der Waals surface area contributed by atoms with Gasteiger partial charge in [0.1, 0.15) is 0 Å². The van der Waals surface area contributed by atoms with Crippen LogP contribution in [0, 0.1) is 0 Å². The molecule has 4 nitrogen and oxygen atoms in total. The number of nitrogens with zero attached hydrogens (tertiary/aromatic N) is 1. The lowest BCUT2D eigenvalue weighted by atomic mass is 10.2. The molecule has 0 aromatic heterocycles. The van der Waals surface area contributed by atoms with Gasteiger partial charge in [-0.3, -0.25) is 4.99 Å². The Morgan fingerprint density at radius 3 is 2.83 bits per heavy atom. The molecule has 1 saturated heterocycles. The molecular formula is C17H28IN3OS. The highest BCUT2D eigenvalue weighted by atomic mass is 127. The molecule has 1 fully saturated rings. The summed E-state index contributed by atoms with van der Waals surface area (Å²) in [5.74, 6) is 2.19. The predicted octanol–water partition coefficient (Wildman–Crippen LogP) is 3.27. The third-order valence-electron chi connectivity index (χ3n) is 3.47. The zero-order valence-corrected chi connectivity index (χ0v) is 16.9. The highest BCUT2D eigenvalue weighted by Gasteiger charge is 2.14. The largest absolute Gasteiger partial charge is 0.375 e. The normalized spacial score (nSPS) is 17.6. The summed E-state index contributed by atoms with van der Waals surface area (Å²) in [7, 11) is 0. The van der Waals surface area contributed by atoms with Crippen LogP contribution in [0.2, 0.25) is 0 Å². The van der Waals surface area contributed by atoms with Crippen molar-refractivity contribution in [1.82, 2.24) is 10.6 Å². The lowest BCUT2D eigenvalue weighted by molar-refractivity contribution is 0.125. The Bertz CT molecular complexity index is 439. The van der Waals surface area contributed by atoms with Gasteiger partial charge in [0.05, 0.1) is 19.8 Å². The first kappa shape index (κ1) is 20.6. The molecule has 130 valence electrons. The van der Waals surface area contributed by atoms with Crippen LogP contribution in [-0.2, 0) is 11.3 Å². The number of aliphatic imine (C=N–C) groups is 1. The molecule has 6 heteroatoms. The molecule has 1 unspecified atom stereocenters. The van der Waals surface area contributed by atoms with E-state index in [4.69, 9.17) is 4.74 Å². The van der Waals surface area contributed by atoms with E-state index in [1.165, 1.54) is 24.2 Å². The second-order valence-corrected chi connectivity index (χ2v) is 6.73. The van der Waals surface area contributed by atoms with E-state index in [2.05, 4.69) is 34.7 Å². The van der Waals surface area contributed by atoms with Gasteiger partial charge in [-0.2, -0.15) is 11.8 Å². The molecule has 0 spiro atoms. The number of guanidine groups is 1. The van der Waals surface area contributed by atoms with Crippen molar-refractivity contribution >= 4 is 41.7 Å². The fourth-order valence-corrected chi connectivity index (χ4v) is 3.51. The number of benzene rings is 1. The molecule has 1 aromatic rings. The van der Waals surface area contributed by atoms with Crippen LogP contribution in [0.5, 0.6) is 0 Å². The van der Waals surface area contributed by atoms with Crippen molar-refractivity contribution in [3.05, 3.63) is 35.9 Å². The first-order valence-corrected chi connectivity index (χ1v) is 9.19. The van der Waals surface area contributed by atoms with Crippen molar-refractivity contribution in [3.63, 3.8) is 0 Å². The molecule has 1 aliphatic heterocycles. The lowest BCUT2D eigenvalue weighted by Gasteiger charge is -2.13. The molecule has 0 radical (unpaired) electrons. The van der Waals surface area contributed by atoms with Gasteiger partial charge in [0.25, 0.3) is 0 Å². The number of hydrogen-bond acceptors (Lipinski definition) is 3. The smallest absolute Gasteiger partial charge is 0.191 e. The second-order valence-electron chi connectivity index (χ2n) is 5.32. The first-order chi connectivity index (χ1) is 10.9. The van der Waals surface area contributed by atoms with Crippen molar-refractivity contribution in [2.45, 2.75) is 31.6 Å². The Balaban J connectivity index is 0.00000264. The van der Waals surface area contributed by atoms with Gasteiger partial charge in [-0.05, 0) is 31.1 Å². The number of hydrogen-bond donors (Lipinski definition) is 2. The quantitative estimate of drug-likeness (QED) is 0.277. The summed E-state index contributed by atoms with van der Waals surface area (Å²) < 4.78 is 5.68. The summed E-state index contributed by atoms with van der Waals surface area (Å²) >= 11 is 2.04. The van der Waals surface area contributed by atoms with E-state index in [1.54, 1.807) is 0 Å². The molecular weight excluding hydrogens is 421 g/mol. The summed E-state index contributed by atoms with van der Waals surface area (Å²) in [5.41, 5.74) is 1.21. The van der Waals surface area contributed by atoms with Crippen molar-refractivity contribution < 1.29 is 4.74 Å². The molecule has 1 aromatic carbocycles. The van der Waals surface area contributed by atoms with E-state index in [9.17, 15) is 0 Å². The zero-order valence-electron chi connectivity index (χ0n) is 13.8. The van der Waals surface area contributed by atoms with E-state index in [0.717, 1.165) is 25.6 Å². The standard InChI is InChI=1S/C17H27N3OS.HI/c1-2-18-17(20-13-16-9-6-12-22-16)19-10-11-21-14-15-7-4-3-5-8-15;/h3-5,7-8,16H,2,6,9-14H2,1H3,(H2,18,19,20);1H. The van der Waals surface area contributed by atoms with Gasteiger partial charge >= 0.3 is 0 Å². The maximum Gasteiger partial charge on any atom is 0.191 e. The Kier molecular flexibility index (Phi) is 11.5. The zero-order chi connectivity index (χ0) is 15.5. The van der Waals surface area contributed by atoms with Crippen molar-refractivity contribution in [3.8, 4) is 0 Å². The van der Waals surface area contributed by atoms with Crippen LogP contribution in [0.3, 0.4) is 0 Å². The third kappa shape index (κ3) is 8.81. The van der Waals surface area contributed by atoms with Crippen molar-refractivity contribution in [2.24, 2.45) is 4.99 Å². The topological polar surface area (TPSA) is 45.7 Å². The van der Waals surface area contributed by atoms with Crippen LogP contribution in [0.15, 0.2) is 35.3 Å². The second kappa shape index (κ2) is 12.9. The minimum atomic E-state index is 0. The lowest BCUT2D eigenvalue weighted by Crippen LogP contribution is -2.39. The average Bonchev–Trinajstić information content (AvgIpc) is 3.06. The summed E-state index contributed by atoms with van der Waals surface area (Å²) in [6.07, 6.45) is 2.63. The van der Waals surface area contributed by atoms with E-state index < -0.39 is 0 Å². The van der Waals surface area contributed by atoms with Crippen LogP contribution in [0.4, 0.5) is 0 Å². The minimum Gasteiger partial charge on any atom is -0.375 e. The van der Waals surface area contributed by atoms with Gasteiger partial charge in [0.15, 0.2) is 5.96 Å². The maximum absolute atomic E-state index is 5.68. The van der Waals surface area contributed by atoms with Gasteiger partial charge in [-0.15, -0.1) is 24.0 Å². The van der Waals surface area contributed by atoms with Gasteiger partial charge < -0.3 is 15.4 Å². The summed E-state index contributed by atoms with van der Waals surface area (Å²) in [6.45, 7) is 6.00. The molecule has 2 N–H and O–H groups in total. The van der Waals surface area contributed by atoms with Crippen molar-refractivity contribution in [1.29, 1.82) is 0 Å². The number of nitrogens with one attached hydrogen (secondary N) is 2. The molecule has 0 aliphatic carbocycles. The highest BCUT2D eigenvalue weighted by molar-refractivity contribution is 14.0. The van der Waals surface area contributed by atoms with Crippen LogP contribution in [0.1, 0.15) is 25.3 Å². The molecule has 0 amide bonds. The molecule has 0 bridgehead atoms. The molecule has 1 atom stereocenters. The Hall–Kier alpha value is -0.470. The molecule has 2 rings (SSSR count). The molecule has 23 heavy (non-hydrogen) atoms. The Labute approximate surface area is 161 Å². The van der Waals surface area contributed by atoms with Crippen LogP contribution < -0.4 is 10.6 Å². The Morgan fingerprint density at radius 1 is 1.30 bits per heavy atom. The predicted molar refractivity (Wildman–Crippen MR) is 111 cm³/mol. The molecule has 1 heterocycles. The van der Waals surface area contributed by atoms with Gasteiger partial charge in [0.2, 0.25) is 0 Å². The van der Waals surface area contributed by atoms with Gasteiger partial charge in [-0.1, -0.05) is 30.3 Å². The molecule has 0 saturated carbocycles. The average molecular weight is 449 g/mol. The fourth-order valence-electron chi connectivity index (χ4n) is 2.33. The first-order valence-electron chi connectivity index (χ1n) is 8.14. The van der Waals surface area contributed by atoms with Gasteiger partial charge in [-0.25, -0.2) is 0 Å². The monoisotopic (exact) mass is 449 g/mol. The summed E-state index contributed by atoms with van der Waals surface area (Å²) in [5, 5.41) is 7.32. The summed E-state index contributed by atoms with van der Waals surface area (Å²) in [6, 6.07) is 10.3. The number of rotatable bonds is 8. The van der Waals surface area contributed by atoms with Crippen LogP contribution >= 0.6 is 35.7 Å². The number of halogens is 1. The van der Waals surface area contributed by atoms with Crippen LogP contribution in [0.25, 0.3) is 0 Å².